The van der Waals surface area contributed by atoms with Gasteiger partial charge >= 0.3 is 0 Å². The van der Waals surface area contributed by atoms with Gasteiger partial charge < -0.3 is 5.32 Å². The molecule has 0 bridgehead atoms. The van der Waals surface area contributed by atoms with Crippen LogP contribution in [0.5, 0.6) is 0 Å². The SMILES string of the molecule is O=C(CSc1nnc2scc(-c3ccccc3)n12)NCCc1ccccc1. The molecule has 0 aliphatic rings. The van der Waals surface area contributed by atoms with Gasteiger partial charge in [0.05, 0.1) is 11.4 Å². The lowest BCUT2D eigenvalue weighted by molar-refractivity contribution is -0.118. The van der Waals surface area contributed by atoms with Crippen molar-refractivity contribution < 1.29 is 4.79 Å². The van der Waals surface area contributed by atoms with Crippen LogP contribution in [0.2, 0.25) is 0 Å². The Kier molecular flexibility index (Phi) is 5.50. The molecular formula is C20H18N4OS2. The highest BCUT2D eigenvalue weighted by atomic mass is 32.2. The highest BCUT2D eigenvalue weighted by molar-refractivity contribution is 7.99. The number of hydrogen-bond acceptors (Lipinski definition) is 5. The number of nitrogens with one attached hydrogen (secondary N) is 1. The summed E-state index contributed by atoms with van der Waals surface area (Å²) in [4.78, 5) is 13.0. The lowest BCUT2D eigenvalue weighted by Gasteiger charge is -2.05. The first kappa shape index (κ1) is 17.8. The van der Waals surface area contributed by atoms with E-state index in [2.05, 4.69) is 45.2 Å². The van der Waals surface area contributed by atoms with Gasteiger partial charge in [-0.2, -0.15) is 0 Å². The monoisotopic (exact) mass is 394 g/mol. The minimum absolute atomic E-state index is 0.00386. The third-order valence-corrected chi connectivity index (χ3v) is 5.85. The van der Waals surface area contributed by atoms with Crippen LogP contribution in [0.1, 0.15) is 5.56 Å². The molecule has 0 fully saturated rings. The maximum absolute atomic E-state index is 12.2. The van der Waals surface area contributed by atoms with Crippen molar-refractivity contribution in [2.45, 2.75) is 11.6 Å². The van der Waals surface area contributed by atoms with Crippen LogP contribution < -0.4 is 5.32 Å². The summed E-state index contributed by atoms with van der Waals surface area (Å²) in [6.45, 7) is 0.631. The van der Waals surface area contributed by atoms with Crippen LogP contribution in [0.4, 0.5) is 0 Å². The third-order valence-electron chi connectivity index (χ3n) is 4.10. The average molecular weight is 395 g/mol. The Balaban J connectivity index is 1.38. The fraction of sp³-hybridized carbons (Fsp3) is 0.150. The normalized spacial score (nSPS) is 11.0. The van der Waals surface area contributed by atoms with E-state index in [1.165, 1.54) is 17.3 Å². The fourth-order valence-electron chi connectivity index (χ4n) is 2.77. The van der Waals surface area contributed by atoms with E-state index in [0.717, 1.165) is 27.8 Å². The number of benzene rings is 2. The zero-order valence-corrected chi connectivity index (χ0v) is 16.2. The van der Waals surface area contributed by atoms with Crippen LogP contribution in [-0.2, 0) is 11.2 Å². The van der Waals surface area contributed by atoms with Gasteiger partial charge in [0.1, 0.15) is 0 Å². The molecule has 4 aromatic rings. The van der Waals surface area contributed by atoms with Gasteiger partial charge in [0, 0.05) is 11.9 Å². The number of carbonyl (C=O) groups excluding carboxylic acids is 1. The van der Waals surface area contributed by atoms with Gasteiger partial charge in [0.15, 0.2) is 5.16 Å². The van der Waals surface area contributed by atoms with Crippen LogP contribution in [0.3, 0.4) is 0 Å². The molecule has 4 rings (SSSR count). The van der Waals surface area contributed by atoms with E-state index in [-0.39, 0.29) is 5.91 Å². The van der Waals surface area contributed by atoms with Gasteiger partial charge in [-0.05, 0) is 17.5 Å². The van der Waals surface area contributed by atoms with Crippen LogP contribution in [0, 0.1) is 0 Å². The molecule has 0 aliphatic heterocycles. The standard InChI is InChI=1S/C20H18N4OS2/c25-18(21-12-11-15-7-3-1-4-8-15)14-27-20-23-22-19-24(20)17(13-26-19)16-9-5-2-6-10-16/h1-10,13H,11-12,14H2,(H,21,25). The minimum Gasteiger partial charge on any atom is -0.355 e. The van der Waals surface area contributed by atoms with Crippen molar-refractivity contribution in [3.8, 4) is 11.3 Å². The molecule has 1 amide bonds. The van der Waals surface area contributed by atoms with Crippen LogP contribution in [0.25, 0.3) is 16.2 Å². The second-order valence-corrected chi connectivity index (χ2v) is 7.74. The van der Waals surface area contributed by atoms with Gasteiger partial charge in [-0.1, -0.05) is 72.4 Å². The summed E-state index contributed by atoms with van der Waals surface area (Å²) >= 11 is 2.96. The van der Waals surface area contributed by atoms with E-state index in [1.807, 2.05) is 40.8 Å². The van der Waals surface area contributed by atoms with Gasteiger partial charge in [-0.3, -0.25) is 9.20 Å². The zero-order chi connectivity index (χ0) is 18.5. The predicted octanol–water partition coefficient (Wildman–Crippen LogP) is 3.91. The van der Waals surface area contributed by atoms with Crippen molar-refractivity contribution >= 4 is 34.0 Å². The van der Waals surface area contributed by atoms with E-state index in [0.29, 0.717) is 12.3 Å². The van der Waals surface area contributed by atoms with E-state index in [9.17, 15) is 4.79 Å². The lowest BCUT2D eigenvalue weighted by atomic mass is 10.1. The first-order chi connectivity index (χ1) is 13.3. The average Bonchev–Trinajstić information content (AvgIpc) is 3.30. The molecule has 0 aliphatic carbocycles. The molecule has 0 unspecified atom stereocenters. The van der Waals surface area contributed by atoms with Crippen molar-refractivity contribution in [1.29, 1.82) is 0 Å². The number of fused-ring (bicyclic) bond motifs is 1. The molecule has 0 saturated heterocycles. The largest absolute Gasteiger partial charge is 0.355 e. The lowest BCUT2D eigenvalue weighted by Crippen LogP contribution is -2.27. The topological polar surface area (TPSA) is 59.3 Å². The van der Waals surface area contributed by atoms with Crippen molar-refractivity contribution in [3.63, 3.8) is 0 Å². The number of amides is 1. The fourth-order valence-corrected chi connectivity index (χ4v) is 4.44. The molecule has 2 aromatic heterocycles. The number of rotatable bonds is 7. The second-order valence-electron chi connectivity index (χ2n) is 5.96. The molecule has 2 heterocycles. The molecule has 2 aromatic carbocycles. The van der Waals surface area contributed by atoms with E-state index < -0.39 is 0 Å². The summed E-state index contributed by atoms with van der Waals surface area (Å²) in [5.41, 5.74) is 3.38. The molecule has 1 N–H and O–H groups in total. The van der Waals surface area contributed by atoms with E-state index in [1.54, 1.807) is 11.3 Å². The van der Waals surface area contributed by atoms with Crippen molar-refractivity contribution in [2.75, 3.05) is 12.3 Å². The highest BCUT2D eigenvalue weighted by Crippen LogP contribution is 2.29. The molecule has 136 valence electrons. The first-order valence-electron chi connectivity index (χ1n) is 8.63. The predicted molar refractivity (Wildman–Crippen MR) is 110 cm³/mol. The quantitative estimate of drug-likeness (QED) is 0.483. The number of hydrogen-bond donors (Lipinski definition) is 1. The number of carbonyl (C=O) groups is 1. The summed E-state index contributed by atoms with van der Waals surface area (Å²) in [5.74, 6) is 0.323. The van der Waals surface area contributed by atoms with Crippen LogP contribution in [-0.4, -0.2) is 32.8 Å². The number of thioether (sulfide) groups is 1. The maximum Gasteiger partial charge on any atom is 0.230 e. The van der Waals surface area contributed by atoms with Gasteiger partial charge in [0.25, 0.3) is 0 Å². The zero-order valence-electron chi connectivity index (χ0n) is 14.5. The van der Waals surface area contributed by atoms with Crippen molar-refractivity contribution in [2.24, 2.45) is 0 Å². The molecule has 0 radical (unpaired) electrons. The molecular weight excluding hydrogens is 376 g/mol. The maximum atomic E-state index is 12.2. The minimum atomic E-state index is 0.00386. The summed E-state index contributed by atoms with van der Waals surface area (Å²) < 4.78 is 2.02. The molecule has 7 heteroatoms. The summed E-state index contributed by atoms with van der Waals surface area (Å²) in [5, 5.41) is 14.3. The second kappa shape index (κ2) is 8.37. The molecule has 0 spiro atoms. The molecule has 0 atom stereocenters. The first-order valence-corrected chi connectivity index (χ1v) is 10.5. The highest BCUT2D eigenvalue weighted by Gasteiger charge is 2.15. The Labute approximate surface area is 165 Å². The Morgan fingerprint density at radius 1 is 1.04 bits per heavy atom. The van der Waals surface area contributed by atoms with Crippen LogP contribution >= 0.6 is 23.1 Å². The third kappa shape index (κ3) is 4.20. The Bertz CT molecular complexity index is 1030. The molecule has 0 saturated carbocycles. The molecule has 27 heavy (non-hydrogen) atoms. The number of nitrogens with zero attached hydrogens (tertiary/aromatic N) is 3. The van der Waals surface area contributed by atoms with E-state index in [4.69, 9.17) is 0 Å². The van der Waals surface area contributed by atoms with Gasteiger partial charge in [0.2, 0.25) is 10.9 Å². The van der Waals surface area contributed by atoms with Gasteiger partial charge in [-0.15, -0.1) is 21.5 Å². The molecule has 5 nitrogen and oxygen atoms in total. The smallest absolute Gasteiger partial charge is 0.230 e. The van der Waals surface area contributed by atoms with Gasteiger partial charge in [-0.25, -0.2) is 0 Å². The summed E-state index contributed by atoms with van der Waals surface area (Å²) in [6.07, 6.45) is 0.828. The Hall–Kier alpha value is -2.64. The van der Waals surface area contributed by atoms with Crippen LogP contribution in [0.15, 0.2) is 71.2 Å². The van der Waals surface area contributed by atoms with Crippen molar-refractivity contribution in [3.05, 3.63) is 71.6 Å². The Morgan fingerprint density at radius 3 is 2.56 bits per heavy atom. The Morgan fingerprint density at radius 2 is 1.78 bits per heavy atom. The summed E-state index contributed by atoms with van der Waals surface area (Å²) in [7, 11) is 0. The summed E-state index contributed by atoms with van der Waals surface area (Å²) in [6, 6.07) is 20.3. The number of aromatic nitrogens is 3. The number of thiazole rings is 1. The van der Waals surface area contributed by atoms with Crippen molar-refractivity contribution in [1.82, 2.24) is 19.9 Å². The van der Waals surface area contributed by atoms with E-state index >= 15 is 0 Å².